The molecule has 0 fully saturated rings. The monoisotopic (exact) mass is 308 g/mol. The van der Waals surface area contributed by atoms with Crippen LogP contribution < -0.4 is 5.32 Å². The van der Waals surface area contributed by atoms with Crippen LogP contribution in [-0.2, 0) is 0 Å². The summed E-state index contributed by atoms with van der Waals surface area (Å²) >= 11 is 5.75. The van der Waals surface area contributed by atoms with Crippen LogP contribution >= 0.6 is 11.6 Å². The molecule has 2 aromatic rings. The maximum atomic E-state index is 13.7. The second-order valence-electron chi connectivity index (χ2n) is 4.24. The third-order valence-electron chi connectivity index (χ3n) is 2.67. The van der Waals surface area contributed by atoms with Crippen molar-refractivity contribution in [3.8, 4) is 0 Å². The Kier molecular flexibility index (Phi) is 4.18. The lowest BCUT2D eigenvalue weighted by atomic mass is 10.1. The molecule has 0 saturated heterocycles. The van der Waals surface area contributed by atoms with Crippen LogP contribution in [0.3, 0.4) is 0 Å². The van der Waals surface area contributed by atoms with E-state index in [1.165, 1.54) is 24.3 Å². The maximum absolute atomic E-state index is 13.7. The fourth-order valence-electron chi connectivity index (χ4n) is 1.77. The summed E-state index contributed by atoms with van der Waals surface area (Å²) in [6.45, 7) is 1.65. The molecule has 108 valence electrons. The Morgan fingerprint density at radius 1 is 1.33 bits per heavy atom. The van der Waals surface area contributed by atoms with Crippen molar-refractivity contribution in [2.45, 2.75) is 6.92 Å². The van der Waals surface area contributed by atoms with Crippen LogP contribution in [0.4, 0.5) is 10.1 Å². The smallest absolute Gasteiger partial charge is 0.337 e. The number of aryl methyl sites for hydroxylation is 1. The number of carboxylic acid groups (broad SMARTS) is 1. The standard InChI is InChI=1S/C14H10ClFN2O3/c1-7-5-8(6-11(15)17-7)13(19)18-12-9(14(20)21)3-2-4-10(12)16/h2-6H,1H3,(H,18,19)(H,20,21). The molecule has 0 aliphatic rings. The topological polar surface area (TPSA) is 79.3 Å². The number of aromatic carboxylic acids is 1. The number of nitrogens with zero attached hydrogens (tertiary/aromatic N) is 1. The first-order chi connectivity index (χ1) is 9.88. The number of para-hydroxylation sites is 1. The fourth-order valence-corrected chi connectivity index (χ4v) is 2.03. The van der Waals surface area contributed by atoms with Gasteiger partial charge in [0.15, 0.2) is 0 Å². The van der Waals surface area contributed by atoms with Crippen LogP contribution in [0.1, 0.15) is 26.4 Å². The van der Waals surface area contributed by atoms with Crippen LogP contribution in [0.5, 0.6) is 0 Å². The first-order valence-corrected chi connectivity index (χ1v) is 6.23. The summed E-state index contributed by atoms with van der Waals surface area (Å²) in [5, 5.41) is 11.4. The van der Waals surface area contributed by atoms with Crippen molar-refractivity contribution in [1.29, 1.82) is 0 Å². The average Bonchev–Trinajstić information content (AvgIpc) is 2.39. The highest BCUT2D eigenvalue weighted by atomic mass is 35.5. The molecule has 0 saturated carbocycles. The Hall–Kier alpha value is -2.47. The largest absolute Gasteiger partial charge is 0.478 e. The summed E-state index contributed by atoms with van der Waals surface area (Å²) in [6.07, 6.45) is 0. The zero-order valence-corrected chi connectivity index (χ0v) is 11.6. The lowest BCUT2D eigenvalue weighted by molar-refractivity contribution is 0.0697. The number of carbonyl (C=O) groups is 2. The van der Waals surface area contributed by atoms with Gasteiger partial charge in [0.1, 0.15) is 11.0 Å². The Morgan fingerprint density at radius 2 is 2.05 bits per heavy atom. The molecule has 21 heavy (non-hydrogen) atoms. The number of amides is 1. The fraction of sp³-hybridized carbons (Fsp3) is 0.0714. The molecule has 2 N–H and O–H groups in total. The quantitative estimate of drug-likeness (QED) is 0.854. The van der Waals surface area contributed by atoms with Crippen LogP contribution in [0.2, 0.25) is 5.15 Å². The Morgan fingerprint density at radius 3 is 2.67 bits per heavy atom. The number of hydrogen-bond acceptors (Lipinski definition) is 3. The van der Waals surface area contributed by atoms with E-state index in [0.29, 0.717) is 5.69 Å². The number of rotatable bonds is 3. The zero-order chi connectivity index (χ0) is 15.6. The molecule has 0 radical (unpaired) electrons. The number of hydrogen-bond donors (Lipinski definition) is 2. The van der Waals surface area contributed by atoms with Gasteiger partial charge in [-0.05, 0) is 31.2 Å². The van der Waals surface area contributed by atoms with Gasteiger partial charge in [-0.25, -0.2) is 14.2 Å². The van der Waals surface area contributed by atoms with Crippen LogP contribution in [0, 0.1) is 12.7 Å². The molecule has 0 unspecified atom stereocenters. The van der Waals surface area contributed by atoms with Crippen molar-refractivity contribution < 1.29 is 19.1 Å². The lowest BCUT2D eigenvalue weighted by Gasteiger charge is -2.10. The number of aromatic nitrogens is 1. The van der Waals surface area contributed by atoms with Crippen molar-refractivity contribution >= 4 is 29.2 Å². The molecule has 0 spiro atoms. The predicted molar refractivity (Wildman–Crippen MR) is 75.3 cm³/mol. The second-order valence-corrected chi connectivity index (χ2v) is 4.63. The molecular weight excluding hydrogens is 299 g/mol. The van der Waals surface area contributed by atoms with Crippen LogP contribution in [0.15, 0.2) is 30.3 Å². The van der Waals surface area contributed by atoms with Gasteiger partial charge in [-0.3, -0.25) is 4.79 Å². The van der Waals surface area contributed by atoms with E-state index in [1.807, 2.05) is 0 Å². The number of pyridine rings is 1. The van der Waals surface area contributed by atoms with E-state index in [0.717, 1.165) is 6.07 Å². The summed E-state index contributed by atoms with van der Waals surface area (Å²) in [5.41, 5.74) is -0.0486. The van der Waals surface area contributed by atoms with E-state index in [9.17, 15) is 14.0 Å². The van der Waals surface area contributed by atoms with Crippen molar-refractivity contribution in [3.05, 3.63) is 58.1 Å². The summed E-state index contributed by atoms with van der Waals surface area (Å²) in [6, 6.07) is 6.29. The summed E-state index contributed by atoms with van der Waals surface area (Å²) < 4.78 is 13.7. The minimum atomic E-state index is -1.34. The van der Waals surface area contributed by atoms with Crippen molar-refractivity contribution in [2.75, 3.05) is 5.32 Å². The van der Waals surface area contributed by atoms with E-state index in [2.05, 4.69) is 10.3 Å². The molecule has 5 nitrogen and oxygen atoms in total. The van der Waals surface area contributed by atoms with Crippen molar-refractivity contribution in [2.24, 2.45) is 0 Å². The molecule has 0 atom stereocenters. The van der Waals surface area contributed by atoms with Crippen LogP contribution in [-0.4, -0.2) is 22.0 Å². The lowest BCUT2D eigenvalue weighted by Crippen LogP contribution is -2.16. The van der Waals surface area contributed by atoms with Crippen molar-refractivity contribution in [1.82, 2.24) is 4.98 Å². The Bertz CT molecular complexity index is 714. The van der Waals surface area contributed by atoms with Gasteiger partial charge in [-0.2, -0.15) is 0 Å². The number of benzene rings is 1. The first-order valence-electron chi connectivity index (χ1n) is 5.86. The summed E-state index contributed by atoms with van der Waals surface area (Å²) in [7, 11) is 0. The molecule has 1 amide bonds. The Labute approximate surface area is 124 Å². The molecule has 0 bridgehead atoms. The highest BCUT2D eigenvalue weighted by molar-refractivity contribution is 6.29. The molecule has 1 aromatic carbocycles. The van der Waals surface area contributed by atoms with E-state index in [4.69, 9.17) is 16.7 Å². The van der Waals surface area contributed by atoms with E-state index < -0.39 is 17.7 Å². The van der Waals surface area contributed by atoms with Gasteiger partial charge < -0.3 is 10.4 Å². The maximum Gasteiger partial charge on any atom is 0.337 e. The Balaban J connectivity index is 2.38. The minimum absolute atomic E-state index is 0.118. The zero-order valence-electron chi connectivity index (χ0n) is 10.9. The van der Waals surface area contributed by atoms with Gasteiger partial charge in [0.25, 0.3) is 5.91 Å². The van der Waals surface area contributed by atoms with Gasteiger partial charge in [0.05, 0.1) is 11.3 Å². The van der Waals surface area contributed by atoms with Gasteiger partial charge in [0.2, 0.25) is 0 Å². The molecule has 0 aliphatic heterocycles. The van der Waals surface area contributed by atoms with E-state index >= 15 is 0 Å². The SMILES string of the molecule is Cc1cc(C(=O)Nc2c(F)cccc2C(=O)O)cc(Cl)n1. The molecule has 1 aromatic heterocycles. The number of anilines is 1. The number of carboxylic acids is 1. The van der Waals surface area contributed by atoms with Crippen LogP contribution in [0.25, 0.3) is 0 Å². The van der Waals surface area contributed by atoms with Gasteiger partial charge >= 0.3 is 5.97 Å². The highest BCUT2D eigenvalue weighted by Crippen LogP contribution is 2.21. The number of halogens is 2. The molecule has 2 rings (SSSR count). The third kappa shape index (κ3) is 3.35. The average molecular weight is 309 g/mol. The van der Waals surface area contributed by atoms with E-state index in [1.54, 1.807) is 6.92 Å². The number of carbonyl (C=O) groups excluding carboxylic acids is 1. The minimum Gasteiger partial charge on any atom is -0.478 e. The number of nitrogens with one attached hydrogen (secondary N) is 1. The third-order valence-corrected chi connectivity index (χ3v) is 2.86. The molecule has 0 aliphatic carbocycles. The normalized spacial score (nSPS) is 10.2. The van der Waals surface area contributed by atoms with E-state index in [-0.39, 0.29) is 22.0 Å². The van der Waals surface area contributed by atoms with Gasteiger partial charge in [-0.1, -0.05) is 17.7 Å². The van der Waals surface area contributed by atoms with Crippen molar-refractivity contribution in [3.63, 3.8) is 0 Å². The summed E-state index contributed by atoms with van der Waals surface area (Å²) in [5.74, 6) is -2.84. The summed E-state index contributed by atoms with van der Waals surface area (Å²) in [4.78, 5) is 27.0. The molecule has 1 heterocycles. The molecule has 7 heteroatoms. The van der Waals surface area contributed by atoms with Gasteiger partial charge in [-0.15, -0.1) is 0 Å². The molecular formula is C14H10ClFN2O3. The van der Waals surface area contributed by atoms with Gasteiger partial charge in [0, 0.05) is 11.3 Å². The highest BCUT2D eigenvalue weighted by Gasteiger charge is 2.17. The first kappa shape index (κ1) is 14.9. The predicted octanol–water partition coefficient (Wildman–Crippen LogP) is 3.13. The second kappa shape index (κ2) is 5.88.